The van der Waals surface area contributed by atoms with Crippen LogP contribution in [0.2, 0.25) is 0 Å². The largest absolute Gasteiger partial charge is 0.491 e. The molecule has 0 heterocycles. The fourth-order valence-electron chi connectivity index (χ4n) is 1.93. The number of carbonyl (C=O) groups excluding carboxylic acids is 1. The van der Waals surface area contributed by atoms with Crippen molar-refractivity contribution >= 4 is 5.91 Å². The number of hydrogen-bond donors (Lipinski definition) is 4. The summed E-state index contributed by atoms with van der Waals surface area (Å²) in [4.78, 5) is 11.2. The molecule has 0 aliphatic heterocycles. The average Bonchev–Trinajstić information content (AvgIpc) is 2.56. The first-order chi connectivity index (χ1) is 10.5. The van der Waals surface area contributed by atoms with Gasteiger partial charge in [0, 0.05) is 5.57 Å². The van der Waals surface area contributed by atoms with Crippen LogP contribution in [0.25, 0.3) is 0 Å². The van der Waals surface area contributed by atoms with E-state index in [9.17, 15) is 9.90 Å². The molecule has 6 heteroatoms. The van der Waals surface area contributed by atoms with Crippen molar-refractivity contribution in [3.05, 3.63) is 41.5 Å². The fraction of sp³-hybridized carbons (Fsp3) is 0.438. The highest BCUT2D eigenvalue weighted by atomic mass is 16.5. The Kier molecular flexibility index (Phi) is 7.59. The van der Waals surface area contributed by atoms with Crippen LogP contribution in [0.3, 0.4) is 0 Å². The van der Waals surface area contributed by atoms with E-state index in [1.165, 1.54) is 0 Å². The van der Waals surface area contributed by atoms with E-state index in [2.05, 4.69) is 0 Å². The third-order valence-electron chi connectivity index (χ3n) is 3.38. The summed E-state index contributed by atoms with van der Waals surface area (Å²) in [5.41, 5.74) is 2.72. The van der Waals surface area contributed by atoms with Gasteiger partial charge in [0.05, 0.1) is 12.7 Å². The van der Waals surface area contributed by atoms with Crippen LogP contribution in [0.15, 0.2) is 35.9 Å². The Hall–Kier alpha value is -1.89. The average molecular weight is 309 g/mol. The first-order valence-electron chi connectivity index (χ1n) is 7.12. The fourth-order valence-corrected chi connectivity index (χ4v) is 1.93. The van der Waals surface area contributed by atoms with E-state index in [4.69, 9.17) is 15.1 Å². The normalized spacial score (nSPS) is 14.3. The zero-order valence-corrected chi connectivity index (χ0v) is 12.8. The molecule has 0 aliphatic rings. The number of aliphatic hydroxyl groups is 2. The van der Waals surface area contributed by atoms with Crippen molar-refractivity contribution in [3.63, 3.8) is 0 Å². The van der Waals surface area contributed by atoms with Gasteiger partial charge < -0.3 is 14.9 Å². The number of ether oxygens (including phenoxy) is 1. The highest BCUT2D eigenvalue weighted by molar-refractivity contribution is 5.91. The summed E-state index contributed by atoms with van der Waals surface area (Å²) >= 11 is 0. The number of benzene rings is 1. The summed E-state index contributed by atoms with van der Waals surface area (Å²) in [6, 6.07) is 7.01. The molecule has 0 aliphatic carbocycles. The minimum atomic E-state index is -0.673. The Bertz CT molecular complexity index is 498. The second kappa shape index (κ2) is 9.19. The lowest BCUT2D eigenvalue weighted by molar-refractivity contribution is -0.125. The van der Waals surface area contributed by atoms with Gasteiger partial charge in [0.2, 0.25) is 0 Å². The topological polar surface area (TPSA) is 99.0 Å². The van der Waals surface area contributed by atoms with Gasteiger partial charge >= 0.3 is 0 Å². The summed E-state index contributed by atoms with van der Waals surface area (Å²) in [6.45, 7) is 3.66. The Morgan fingerprint density at radius 2 is 2.00 bits per heavy atom. The lowest BCUT2D eigenvalue weighted by atomic mass is 9.94. The zero-order valence-electron chi connectivity index (χ0n) is 12.8. The summed E-state index contributed by atoms with van der Waals surface area (Å²) in [5, 5.41) is 27.5. The number of aliphatic hydroxyl groups excluding tert-OH is 2. The Balaban J connectivity index is 2.62. The Morgan fingerprint density at radius 3 is 2.55 bits per heavy atom. The number of rotatable bonds is 8. The quantitative estimate of drug-likeness (QED) is 0.332. The molecule has 4 N–H and O–H groups in total. The minimum Gasteiger partial charge on any atom is -0.491 e. The summed E-state index contributed by atoms with van der Waals surface area (Å²) in [6.07, 6.45) is 1.51. The third-order valence-corrected chi connectivity index (χ3v) is 3.38. The molecule has 1 amide bonds. The molecule has 0 radical (unpaired) electrons. The van der Waals surface area contributed by atoms with Gasteiger partial charge in [0.25, 0.3) is 5.91 Å². The van der Waals surface area contributed by atoms with Gasteiger partial charge in [-0.1, -0.05) is 25.1 Å². The van der Waals surface area contributed by atoms with E-state index in [0.29, 0.717) is 17.7 Å². The van der Waals surface area contributed by atoms with E-state index < -0.39 is 12.0 Å². The van der Waals surface area contributed by atoms with E-state index in [1.807, 2.05) is 6.92 Å². The van der Waals surface area contributed by atoms with Gasteiger partial charge in [0.15, 0.2) is 0 Å². The molecular formula is C16H23NO5. The van der Waals surface area contributed by atoms with Gasteiger partial charge in [-0.05, 0) is 37.0 Å². The first-order valence-corrected chi connectivity index (χ1v) is 7.12. The number of nitrogens with one attached hydrogen (secondary N) is 1. The lowest BCUT2D eigenvalue weighted by Crippen LogP contribution is -2.19. The molecule has 22 heavy (non-hydrogen) atoms. The molecule has 0 saturated heterocycles. The van der Waals surface area contributed by atoms with E-state index in [0.717, 1.165) is 5.56 Å². The minimum absolute atomic E-state index is 0.0471. The van der Waals surface area contributed by atoms with Crippen LogP contribution in [0.4, 0.5) is 0 Å². The molecule has 0 fully saturated rings. The van der Waals surface area contributed by atoms with E-state index in [1.54, 1.807) is 42.7 Å². The van der Waals surface area contributed by atoms with Crippen LogP contribution in [0.5, 0.6) is 5.75 Å². The number of amides is 1. The lowest BCUT2D eigenvalue weighted by Gasteiger charge is -2.18. The number of allylic oxidation sites excluding steroid dienone is 1. The highest BCUT2D eigenvalue weighted by Gasteiger charge is 2.16. The Labute approximate surface area is 130 Å². The maximum Gasteiger partial charge on any atom is 0.269 e. The molecule has 6 nitrogen and oxygen atoms in total. The van der Waals surface area contributed by atoms with Crippen molar-refractivity contribution in [2.75, 3.05) is 13.2 Å². The predicted octanol–water partition coefficient (Wildman–Crippen LogP) is 1.57. The SMILES string of the molecule is C/C(=C\C[C@@H](C)[C@@H](O)c1ccc(OCCO)cc1)C(=O)NO. The van der Waals surface area contributed by atoms with Gasteiger partial charge in [-0.25, -0.2) is 5.48 Å². The van der Waals surface area contributed by atoms with Crippen LogP contribution in [-0.2, 0) is 4.79 Å². The van der Waals surface area contributed by atoms with E-state index in [-0.39, 0.29) is 19.1 Å². The molecule has 0 spiro atoms. The molecule has 122 valence electrons. The van der Waals surface area contributed by atoms with Gasteiger partial charge in [-0.3, -0.25) is 10.0 Å². The number of hydroxylamine groups is 1. The van der Waals surface area contributed by atoms with Crippen LogP contribution >= 0.6 is 0 Å². The van der Waals surface area contributed by atoms with Gasteiger partial charge in [-0.15, -0.1) is 0 Å². The highest BCUT2D eigenvalue weighted by Crippen LogP contribution is 2.26. The van der Waals surface area contributed by atoms with Crippen molar-refractivity contribution in [2.45, 2.75) is 26.4 Å². The summed E-state index contributed by atoms with van der Waals surface area (Å²) in [5.74, 6) is -0.00858. The van der Waals surface area contributed by atoms with Crippen LogP contribution in [0, 0.1) is 5.92 Å². The van der Waals surface area contributed by atoms with E-state index >= 15 is 0 Å². The first kappa shape index (κ1) is 18.2. The van der Waals surface area contributed by atoms with Crippen LogP contribution in [0.1, 0.15) is 31.9 Å². The molecule has 0 saturated carbocycles. The van der Waals surface area contributed by atoms with Crippen LogP contribution < -0.4 is 10.2 Å². The number of hydrogen-bond acceptors (Lipinski definition) is 5. The van der Waals surface area contributed by atoms with Crippen molar-refractivity contribution in [2.24, 2.45) is 5.92 Å². The molecule has 1 aromatic rings. The van der Waals surface area contributed by atoms with Crippen molar-refractivity contribution in [1.82, 2.24) is 5.48 Å². The molecular weight excluding hydrogens is 286 g/mol. The molecule has 1 rings (SSSR count). The molecule has 1 aromatic carbocycles. The van der Waals surface area contributed by atoms with Crippen molar-refractivity contribution < 1.29 is 25.0 Å². The monoisotopic (exact) mass is 309 g/mol. The predicted molar refractivity (Wildman–Crippen MR) is 81.4 cm³/mol. The van der Waals surface area contributed by atoms with Crippen molar-refractivity contribution in [1.29, 1.82) is 0 Å². The Morgan fingerprint density at radius 1 is 1.36 bits per heavy atom. The van der Waals surface area contributed by atoms with Gasteiger partial charge in [0.1, 0.15) is 12.4 Å². The third kappa shape index (κ3) is 5.48. The number of carbonyl (C=O) groups is 1. The van der Waals surface area contributed by atoms with Crippen LogP contribution in [-0.4, -0.2) is 34.5 Å². The molecule has 0 aromatic heterocycles. The maximum absolute atomic E-state index is 11.2. The summed E-state index contributed by atoms with van der Waals surface area (Å²) < 4.78 is 5.26. The second-order valence-corrected chi connectivity index (χ2v) is 5.13. The zero-order chi connectivity index (χ0) is 16.5. The molecule has 2 atom stereocenters. The van der Waals surface area contributed by atoms with Crippen molar-refractivity contribution in [3.8, 4) is 5.75 Å². The summed E-state index contributed by atoms with van der Waals surface area (Å²) in [7, 11) is 0. The maximum atomic E-state index is 11.2. The van der Waals surface area contributed by atoms with Gasteiger partial charge in [-0.2, -0.15) is 0 Å². The standard InChI is InChI=1S/C16H23NO5/c1-11(3-4-12(2)16(20)17-21)15(19)13-5-7-14(8-6-13)22-10-9-18/h4-8,11,15,18-19,21H,3,9-10H2,1-2H3,(H,17,20)/b12-4+/t11-,15-/m1/s1. The smallest absolute Gasteiger partial charge is 0.269 e. The molecule has 0 bridgehead atoms. The second-order valence-electron chi connectivity index (χ2n) is 5.13. The molecule has 0 unspecified atom stereocenters.